The summed E-state index contributed by atoms with van der Waals surface area (Å²) in [4.78, 5) is 0. The molecular formula is C11H11NO. The topological polar surface area (TPSA) is 26.1 Å². The first-order chi connectivity index (χ1) is 6.36. The van der Waals surface area contributed by atoms with E-state index in [-0.39, 0.29) is 0 Å². The van der Waals surface area contributed by atoms with Gasteiger partial charge in [-0.15, -0.1) is 0 Å². The highest BCUT2D eigenvalue weighted by Crippen LogP contribution is 2.18. The Bertz CT molecular complexity index is 352. The van der Waals surface area contributed by atoms with Crippen molar-refractivity contribution in [2.45, 2.75) is 6.42 Å². The molecule has 1 aliphatic heterocycles. The zero-order chi connectivity index (χ0) is 9.10. The lowest BCUT2D eigenvalue weighted by atomic mass is 10.0. The van der Waals surface area contributed by atoms with Gasteiger partial charge in [0.1, 0.15) is 0 Å². The average molecular weight is 173 g/mol. The quantitative estimate of drug-likeness (QED) is 0.471. The second-order valence-electron chi connectivity index (χ2n) is 3.10. The lowest BCUT2D eigenvalue weighted by Crippen LogP contribution is -2.11. The fraction of sp³-hybridized carbons (Fsp3) is 0.182. The number of benzene rings is 1. The van der Waals surface area contributed by atoms with E-state index in [4.69, 9.17) is 0 Å². The molecule has 1 aromatic rings. The molecule has 2 rings (SSSR count). The van der Waals surface area contributed by atoms with Gasteiger partial charge in [-0.2, -0.15) is 0 Å². The van der Waals surface area contributed by atoms with Crippen LogP contribution < -0.4 is 0 Å². The zero-order valence-corrected chi connectivity index (χ0v) is 7.31. The standard InChI is InChI=1S/C11H11NO/c13-12-8-6-11(7-9-12)10-4-2-1-3-5-10/h1-6,8H,7,9H2. The first-order valence-electron chi connectivity index (χ1n) is 4.39. The van der Waals surface area contributed by atoms with Gasteiger partial charge in [0.25, 0.3) is 0 Å². The van der Waals surface area contributed by atoms with E-state index >= 15 is 0 Å². The molecule has 66 valence electrons. The predicted molar refractivity (Wildman–Crippen MR) is 53.6 cm³/mol. The third kappa shape index (κ3) is 1.78. The maximum Gasteiger partial charge on any atom is 0.174 e. The van der Waals surface area contributed by atoms with Gasteiger partial charge in [0.2, 0.25) is 0 Å². The Morgan fingerprint density at radius 2 is 1.92 bits per heavy atom. The fourth-order valence-electron chi connectivity index (χ4n) is 1.45. The van der Waals surface area contributed by atoms with Crippen LogP contribution in [0.5, 0.6) is 0 Å². The number of hydrogen-bond donors (Lipinski definition) is 0. The van der Waals surface area contributed by atoms with Crippen molar-refractivity contribution in [1.29, 1.82) is 0 Å². The fourth-order valence-corrected chi connectivity index (χ4v) is 1.45. The number of hydrogen-bond acceptors (Lipinski definition) is 1. The van der Waals surface area contributed by atoms with Gasteiger partial charge >= 0.3 is 0 Å². The van der Waals surface area contributed by atoms with Gasteiger partial charge in [0.15, 0.2) is 12.8 Å². The minimum Gasteiger partial charge on any atom is -0.624 e. The van der Waals surface area contributed by atoms with Gasteiger partial charge in [-0.05, 0) is 11.1 Å². The monoisotopic (exact) mass is 173 g/mol. The van der Waals surface area contributed by atoms with Gasteiger partial charge in [-0.3, -0.25) is 0 Å². The average Bonchev–Trinajstić information content (AvgIpc) is 2.20. The lowest BCUT2D eigenvalue weighted by molar-refractivity contribution is -0.451. The van der Waals surface area contributed by atoms with E-state index in [0.29, 0.717) is 6.54 Å². The van der Waals surface area contributed by atoms with E-state index in [2.05, 4.69) is 12.1 Å². The molecule has 0 amide bonds. The van der Waals surface area contributed by atoms with E-state index in [1.807, 2.05) is 24.3 Å². The number of rotatable bonds is 1. The molecule has 0 atom stereocenters. The first kappa shape index (κ1) is 8.05. The minimum atomic E-state index is 0.570. The molecule has 1 aromatic carbocycles. The Labute approximate surface area is 77.4 Å². The lowest BCUT2D eigenvalue weighted by Gasteiger charge is -2.11. The number of allylic oxidation sites excluding steroid dienone is 1. The Balaban J connectivity index is 2.29. The summed E-state index contributed by atoms with van der Waals surface area (Å²) in [5.41, 5.74) is 2.46. The zero-order valence-electron chi connectivity index (χ0n) is 7.31. The highest BCUT2D eigenvalue weighted by molar-refractivity contribution is 5.83. The summed E-state index contributed by atoms with van der Waals surface area (Å²) in [7, 11) is 0. The maximum atomic E-state index is 10.9. The third-order valence-corrected chi connectivity index (χ3v) is 2.19. The Morgan fingerprint density at radius 1 is 1.15 bits per heavy atom. The molecule has 1 aliphatic rings. The summed E-state index contributed by atoms with van der Waals surface area (Å²) in [6.07, 6.45) is 4.32. The van der Waals surface area contributed by atoms with Gasteiger partial charge < -0.3 is 5.21 Å². The summed E-state index contributed by atoms with van der Waals surface area (Å²) in [5.74, 6) is 0. The van der Waals surface area contributed by atoms with Crippen molar-refractivity contribution in [1.82, 2.24) is 0 Å². The van der Waals surface area contributed by atoms with Crippen molar-refractivity contribution in [3.8, 4) is 0 Å². The molecule has 0 aliphatic carbocycles. The van der Waals surface area contributed by atoms with Gasteiger partial charge in [0, 0.05) is 12.5 Å². The maximum absolute atomic E-state index is 10.9. The van der Waals surface area contributed by atoms with Crippen LogP contribution in [0.2, 0.25) is 0 Å². The largest absolute Gasteiger partial charge is 0.624 e. The van der Waals surface area contributed by atoms with Crippen LogP contribution in [0.3, 0.4) is 0 Å². The molecule has 0 unspecified atom stereocenters. The molecule has 0 spiro atoms. The molecule has 2 nitrogen and oxygen atoms in total. The van der Waals surface area contributed by atoms with Crippen LogP contribution in [0.15, 0.2) is 36.4 Å². The van der Waals surface area contributed by atoms with Crippen molar-refractivity contribution < 1.29 is 4.74 Å². The van der Waals surface area contributed by atoms with Crippen LogP contribution in [0.25, 0.3) is 5.57 Å². The summed E-state index contributed by atoms with van der Waals surface area (Å²) in [6.45, 7) is 0.570. The van der Waals surface area contributed by atoms with E-state index in [1.165, 1.54) is 11.1 Å². The van der Waals surface area contributed by atoms with Gasteiger partial charge in [0.05, 0.1) is 0 Å². The smallest absolute Gasteiger partial charge is 0.174 e. The van der Waals surface area contributed by atoms with Crippen LogP contribution in [0.4, 0.5) is 0 Å². The molecule has 1 heterocycles. The SMILES string of the molecule is [O-][N+]1=CC=C(c2ccccc2)CC1. The molecule has 0 radical (unpaired) electrons. The van der Waals surface area contributed by atoms with Crippen molar-refractivity contribution in [2.75, 3.05) is 6.54 Å². The minimum absolute atomic E-state index is 0.570. The molecule has 0 N–H and O–H groups in total. The predicted octanol–water partition coefficient (Wildman–Crippen LogP) is 2.05. The van der Waals surface area contributed by atoms with E-state index in [0.717, 1.165) is 11.2 Å². The van der Waals surface area contributed by atoms with Crippen LogP contribution in [0.1, 0.15) is 12.0 Å². The van der Waals surface area contributed by atoms with E-state index < -0.39 is 0 Å². The molecule has 2 heteroatoms. The van der Waals surface area contributed by atoms with Crippen LogP contribution in [-0.2, 0) is 0 Å². The normalized spacial score (nSPS) is 16.3. The van der Waals surface area contributed by atoms with Crippen molar-refractivity contribution in [3.63, 3.8) is 0 Å². The van der Waals surface area contributed by atoms with E-state index in [9.17, 15) is 5.21 Å². The highest BCUT2D eigenvalue weighted by atomic mass is 16.5. The van der Waals surface area contributed by atoms with Crippen LogP contribution >= 0.6 is 0 Å². The number of nitrogens with zero attached hydrogens (tertiary/aromatic N) is 1. The van der Waals surface area contributed by atoms with Gasteiger partial charge in [-0.1, -0.05) is 30.3 Å². The van der Waals surface area contributed by atoms with Crippen molar-refractivity contribution in [3.05, 3.63) is 47.2 Å². The second kappa shape index (κ2) is 3.44. The van der Waals surface area contributed by atoms with Crippen molar-refractivity contribution >= 4 is 11.8 Å². The van der Waals surface area contributed by atoms with Crippen molar-refractivity contribution in [2.24, 2.45) is 0 Å². The van der Waals surface area contributed by atoms with Crippen LogP contribution in [-0.4, -0.2) is 17.5 Å². The highest BCUT2D eigenvalue weighted by Gasteiger charge is 2.07. The summed E-state index contributed by atoms with van der Waals surface area (Å²) in [5, 5.41) is 10.9. The molecule has 13 heavy (non-hydrogen) atoms. The molecule has 0 bridgehead atoms. The Kier molecular flexibility index (Phi) is 2.13. The molecule has 0 saturated heterocycles. The summed E-state index contributed by atoms with van der Waals surface area (Å²) < 4.78 is 0.965. The molecule has 0 fully saturated rings. The number of hydroxylamine groups is 1. The summed E-state index contributed by atoms with van der Waals surface area (Å²) in [6, 6.07) is 10.2. The first-order valence-corrected chi connectivity index (χ1v) is 4.39. The third-order valence-electron chi connectivity index (χ3n) is 2.19. The second-order valence-corrected chi connectivity index (χ2v) is 3.10. The molecule has 0 saturated carbocycles. The Morgan fingerprint density at radius 3 is 2.54 bits per heavy atom. The molecular weight excluding hydrogens is 162 g/mol. The molecule has 0 aromatic heterocycles. The van der Waals surface area contributed by atoms with Gasteiger partial charge in [-0.25, -0.2) is 4.74 Å². The van der Waals surface area contributed by atoms with Crippen LogP contribution in [0, 0.1) is 5.21 Å². The Hall–Kier alpha value is -1.57. The van der Waals surface area contributed by atoms with E-state index in [1.54, 1.807) is 6.21 Å². The summed E-state index contributed by atoms with van der Waals surface area (Å²) >= 11 is 0.